The van der Waals surface area contributed by atoms with Crippen molar-refractivity contribution < 1.29 is 19.0 Å². The van der Waals surface area contributed by atoms with Gasteiger partial charge in [0.2, 0.25) is 11.7 Å². The second-order valence-electron chi connectivity index (χ2n) is 8.89. The van der Waals surface area contributed by atoms with Crippen molar-refractivity contribution in [2.45, 2.75) is 5.16 Å². The first-order valence-corrected chi connectivity index (χ1v) is 13.7. The number of nitrogens with one attached hydrogen (secondary N) is 2. The van der Waals surface area contributed by atoms with E-state index >= 15 is 0 Å². The predicted molar refractivity (Wildman–Crippen MR) is 161 cm³/mol. The molecule has 0 aliphatic carbocycles. The molecule has 41 heavy (non-hydrogen) atoms. The van der Waals surface area contributed by atoms with Crippen LogP contribution in [0.3, 0.4) is 0 Å². The summed E-state index contributed by atoms with van der Waals surface area (Å²) in [6.45, 7) is 4.06. The van der Waals surface area contributed by atoms with Crippen LogP contribution in [0.2, 0.25) is 0 Å². The van der Waals surface area contributed by atoms with Crippen LogP contribution < -0.4 is 25.1 Å². The molecule has 1 heterocycles. The molecule has 2 N–H and O–H groups in total. The van der Waals surface area contributed by atoms with E-state index in [0.717, 1.165) is 22.0 Å². The minimum absolute atomic E-state index is 0.0955. The summed E-state index contributed by atoms with van der Waals surface area (Å²) < 4.78 is 18.4. The maximum atomic E-state index is 12.8. The number of nitrogens with zero attached hydrogens (tertiary/aromatic N) is 3. The summed E-state index contributed by atoms with van der Waals surface area (Å²) in [6.07, 6.45) is 0. The van der Waals surface area contributed by atoms with Crippen LogP contribution in [0.1, 0.15) is 5.56 Å². The Morgan fingerprint density at radius 2 is 1.51 bits per heavy atom. The summed E-state index contributed by atoms with van der Waals surface area (Å²) in [5.41, 5.74) is 8.67. The van der Waals surface area contributed by atoms with Crippen LogP contribution in [0.5, 0.6) is 17.2 Å². The number of carbonyl (C=O) groups is 1. The Hall–Kier alpha value is -4.96. The molecule has 9 nitrogen and oxygen atoms in total. The first kappa shape index (κ1) is 27.6. The SMILES string of the molecule is C=C(NNC(=O)CSc1nnc(-c2cc(OC)c(OC)c(OC)c2)n1-c1ccccc1)c1ccc2ccccc2c1. The van der Waals surface area contributed by atoms with Crippen LogP contribution in [0.25, 0.3) is 33.5 Å². The van der Waals surface area contributed by atoms with Crippen molar-refractivity contribution in [3.8, 4) is 34.3 Å². The molecule has 5 aromatic rings. The molecule has 5 rings (SSSR count). The lowest BCUT2D eigenvalue weighted by molar-refractivity contribution is -0.119. The summed E-state index contributed by atoms with van der Waals surface area (Å²) in [4.78, 5) is 12.8. The number of benzene rings is 4. The number of aromatic nitrogens is 3. The molecule has 10 heteroatoms. The van der Waals surface area contributed by atoms with Gasteiger partial charge in [-0.15, -0.1) is 10.2 Å². The van der Waals surface area contributed by atoms with Gasteiger partial charge in [0, 0.05) is 11.3 Å². The third-order valence-electron chi connectivity index (χ3n) is 6.35. The monoisotopic (exact) mass is 567 g/mol. The van der Waals surface area contributed by atoms with Gasteiger partial charge < -0.3 is 14.2 Å². The average molecular weight is 568 g/mol. The number of rotatable bonds is 11. The molecule has 0 radical (unpaired) electrons. The second-order valence-corrected chi connectivity index (χ2v) is 9.84. The van der Waals surface area contributed by atoms with Crippen molar-refractivity contribution in [2.24, 2.45) is 0 Å². The number of fused-ring (bicyclic) bond motifs is 1. The van der Waals surface area contributed by atoms with Gasteiger partial charge in [0.05, 0.1) is 32.8 Å². The minimum atomic E-state index is -0.242. The highest BCUT2D eigenvalue weighted by molar-refractivity contribution is 7.99. The molecule has 0 saturated heterocycles. The zero-order valence-electron chi connectivity index (χ0n) is 22.9. The molecule has 0 fully saturated rings. The lowest BCUT2D eigenvalue weighted by atomic mass is 10.1. The smallest absolute Gasteiger partial charge is 0.248 e. The quantitative estimate of drug-likeness (QED) is 0.160. The van der Waals surface area contributed by atoms with Crippen LogP contribution in [0.4, 0.5) is 0 Å². The molecule has 208 valence electrons. The van der Waals surface area contributed by atoms with E-state index in [0.29, 0.717) is 39.5 Å². The third kappa shape index (κ3) is 5.97. The number of hydrogen-bond donors (Lipinski definition) is 2. The van der Waals surface area contributed by atoms with Gasteiger partial charge in [0.1, 0.15) is 0 Å². The van der Waals surface area contributed by atoms with E-state index in [1.807, 2.05) is 83.4 Å². The van der Waals surface area contributed by atoms with Crippen LogP contribution in [0.15, 0.2) is 96.7 Å². The van der Waals surface area contributed by atoms with Crippen LogP contribution in [0, 0.1) is 0 Å². The van der Waals surface area contributed by atoms with E-state index in [1.165, 1.54) is 11.8 Å². The van der Waals surface area contributed by atoms with E-state index in [4.69, 9.17) is 14.2 Å². The summed E-state index contributed by atoms with van der Waals surface area (Å²) >= 11 is 1.26. The number of methoxy groups -OCH3 is 3. The second kappa shape index (κ2) is 12.5. The first-order valence-electron chi connectivity index (χ1n) is 12.7. The molecule has 0 spiro atoms. The Kier molecular flexibility index (Phi) is 8.40. The molecule has 1 amide bonds. The van der Waals surface area contributed by atoms with Crippen molar-refractivity contribution in [2.75, 3.05) is 27.1 Å². The van der Waals surface area contributed by atoms with Crippen molar-refractivity contribution in [3.05, 3.63) is 97.1 Å². The molecule has 0 aliphatic rings. The first-order chi connectivity index (χ1) is 20.0. The van der Waals surface area contributed by atoms with Gasteiger partial charge in [-0.05, 0) is 46.7 Å². The molecule has 4 aromatic carbocycles. The molecule has 0 saturated carbocycles. The van der Waals surface area contributed by atoms with E-state index in [9.17, 15) is 4.79 Å². The number of thioether (sulfide) groups is 1. The van der Waals surface area contributed by atoms with Gasteiger partial charge in [0.25, 0.3) is 0 Å². The fourth-order valence-electron chi connectivity index (χ4n) is 4.33. The maximum absolute atomic E-state index is 12.8. The van der Waals surface area contributed by atoms with Crippen LogP contribution in [-0.2, 0) is 4.79 Å². The number of hydrazine groups is 1. The number of carbonyl (C=O) groups excluding carboxylic acids is 1. The number of amides is 1. The van der Waals surface area contributed by atoms with Gasteiger partial charge in [0.15, 0.2) is 22.5 Å². The average Bonchev–Trinajstić information content (AvgIpc) is 3.46. The summed E-state index contributed by atoms with van der Waals surface area (Å²) in [7, 11) is 4.68. The fraction of sp³-hybridized carbons (Fsp3) is 0.129. The Bertz CT molecular complexity index is 1680. The van der Waals surface area contributed by atoms with E-state index in [-0.39, 0.29) is 11.7 Å². The van der Waals surface area contributed by atoms with Gasteiger partial charge in [-0.2, -0.15) is 0 Å². The topological polar surface area (TPSA) is 99.5 Å². The molecular weight excluding hydrogens is 538 g/mol. The number of ether oxygens (including phenoxy) is 3. The molecule has 0 bridgehead atoms. The van der Waals surface area contributed by atoms with Gasteiger partial charge in [-0.3, -0.25) is 20.2 Å². The highest BCUT2D eigenvalue weighted by atomic mass is 32.2. The summed E-state index contributed by atoms with van der Waals surface area (Å²) in [5.74, 6) is 1.88. The van der Waals surface area contributed by atoms with Crippen molar-refractivity contribution >= 4 is 34.1 Å². The summed E-state index contributed by atoms with van der Waals surface area (Å²) in [5, 5.41) is 11.7. The number of hydrogen-bond acceptors (Lipinski definition) is 8. The van der Waals surface area contributed by atoms with Crippen molar-refractivity contribution in [1.82, 2.24) is 25.6 Å². The highest BCUT2D eigenvalue weighted by Crippen LogP contribution is 2.41. The highest BCUT2D eigenvalue weighted by Gasteiger charge is 2.21. The normalized spacial score (nSPS) is 10.7. The minimum Gasteiger partial charge on any atom is -0.493 e. The lowest BCUT2D eigenvalue weighted by Crippen LogP contribution is -2.37. The van der Waals surface area contributed by atoms with Crippen molar-refractivity contribution in [3.63, 3.8) is 0 Å². The predicted octanol–water partition coefficient (Wildman–Crippen LogP) is 5.50. The van der Waals surface area contributed by atoms with Gasteiger partial charge in [-0.1, -0.05) is 72.9 Å². The fourth-order valence-corrected chi connectivity index (χ4v) is 5.08. The number of para-hydroxylation sites is 1. The van der Waals surface area contributed by atoms with Crippen LogP contribution in [-0.4, -0.2) is 47.8 Å². The third-order valence-corrected chi connectivity index (χ3v) is 7.28. The zero-order valence-corrected chi connectivity index (χ0v) is 23.7. The van der Waals surface area contributed by atoms with Gasteiger partial charge >= 0.3 is 0 Å². The summed E-state index contributed by atoms with van der Waals surface area (Å²) in [6, 6.07) is 27.4. The maximum Gasteiger partial charge on any atom is 0.248 e. The largest absolute Gasteiger partial charge is 0.493 e. The van der Waals surface area contributed by atoms with E-state index < -0.39 is 0 Å². The standard InChI is InChI=1S/C31H29N5O4S/c1-20(22-15-14-21-10-8-9-11-23(21)16-22)32-33-28(37)19-41-31-35-34-30(36(31)25-12-6-5-7-13-25)24-17-26(38-2)29(40-4)27(18-24)39-3/h5-18,32H,1,19H2,2-4H3,(H,33,37). The zero-order chi connectivity index (χ0) is 28.8. The van der Waals surface area contributed by atoms with Crippen LogP contribution >= 0.6 is 11.8 Å². The molecule has 1 aromatic heterocycles. The lowest BCUT2D eigenvalue weighted by Gasteiger charge is -2.15. The Labute approximate surface area is 242 Å². The van der Waals surface area contributed by atoms with Crippen molar-refractivity contribution in [1.29, 1.82) is 0 Å². The van der Waals surface area contributed by atoms with E-state index in [1.54, 1.807) is 21.3 Å². The molecule has 0 atom stereocenters. The molecule has 0 aliphatic heterocycles. The Morgan fingerprint density at radius 3 is 2.20 bits per heavy atom. The molecular formula is C31H29N5O4S. The van der Waals surface area contributed by atoms with E-state index in [2.05, 4.69) is 33.7 Å². The molecule has 0 unspecified atom stereocenters. The Balaban J connectivity index is 1.34. The Morgan fingerprint density at radius 1 is 0.829 bits per heavy atom. The van der Waals surface area contributed by atoms with Gasteiger partial charge in [-0.25, -0.2) is 0 Å².